The first kappa shape index (κ1) is 20.2. The van der Waals surface area contributed by atoms with E-state index in [-0.39, 0.29) is 5.91 Å². The molecule has 1 fully saturated rings. The van der Waals surface area contributed by atoms with Gasteiger partial charge in [0.15, 0.2) is 0 Å². The molecule has 4 rings (SSSR count). The predicted octanol–water partition coefficient (Wildman–Crippen LogP) is 3.60. The molecule has 0 radical (unpaired) electrons. The zero-order valence-corrected chi connectivity index (χ0v) is 17.6. The molecule has 0 atom stereocenters. The minimum Gasteiger partial charge on any atom is -0.497 e. The molecule has 2 aromatic carbocycles. The van der Waals surface area contributed by atoms with E-state index < -0.39 is 0 Å². The monoisotopic (exact) mass is 404 g/mol. The fraction of sp³-hybridized carbons (Fsp3) is 0.333. The molecule has 3 aromatic rings. The lowest BCUT2D eigenvalue weighted by molar-refractivity contribution is -0.131. The standard InChI is InChI=1S/C24H28N4O2/c1-26(18-23(29)27-14-6-7-15-27)16-20-17-28(21-8-4-3-5-9-21)25-24(20)19-10-12-22(30-2)13-11-19/h3-5,8-13,17H,6-7,14-16,18H2,1-2H3. The molecular formula is C24H28N4O2. The van der Waals surface area contributed by atoms with Gasteiger partial charge in [-0.25, -0.2) is 4.68 Å². The molecule has 0 spiro atoms. The number of rotatable bonds is 7. The maximum atomic E-state index is 12.5. The smallest absolute Gasteiger partial charge is 0.236 e. The Bertz CT molecular complexity index is 976. The van der Waals surface area contributed by atoms with Crippen LogP contribution in [-0.4, -0.2) is 59.3 Å². The van der Waals surface area contributed by atoms with E-state index in [1.165, 1.54) is 0 Å². The molecule has 0 bridgehead atoms. The quantitative estimate of drug-likeness (QED) is 0.604. The fourth-order valence-corrected chi connectivity index (χ4v) is 3.87. The van der Waals surface area contributed by atoms with Crippen LogP contribution in [0.3, 0.4) is 0 Å². The normalized spacial score (nSPS) is 13.8. The largest absolute Gasteiger partial charge is 0.497 e. The van der Waals surface area contributed by atoms with Crippen LogP contribution in [0.15, 0.2) is 60.8 Å². The highest BCUT2D eigenvalue weighted by molar-refractivity contribution is 5.78. The van der Waals surface area contributed by atoms with Gasteiger partial charge in [-0.15, -0.1) is 0 Å². The maximum absolute atomic E-state index is 12.5. The van der Waals surface area contributed by atoms with Crippen molar-refractivity contribution in [2.75, 3.05) is 33.8 Å². The van der Waals surface area contributed by atoms with Gasteiger partial charge in [0.1, 0.15) is 5.75 Å². The highest BCUT2D eigenvalue weighted by atomic mass is 16.5. The lowest BCUT2D eigenvalue weighted by Gasteiger charge is -2.21. The molecule has 6 heteroatoms. The van der Waals surface area contributed by atoms with Crippen molar-refractivity contribution in [3.63, 3.8) is 0 Å². The number of carbonyl (C=O) groups excluding carboxylic acids is 1. The summed E-state index contributed by atoms with van der Waals surface area (Å²) in [4.78, 5) is 16.6. The fourth-order valence-electron chi connectivity index (χ4n) is 3.87. The summed E-state index contributed by atoms with van der Waals surface area (Å²) >= 11 is 0. The summed E-state index contributed by atoms with van der Waals surface area (Å²) in [7, 11) is 3.66. The molecule has 0 aliphatic carbocycles. The van der Waals surface area contributed by atoms with Crippen LogP contribution in [0.1, 0.15) is 18.4 Å². The molecule has 0 N–H and O–H groups in total. The third-order valence-corrected chi connectivity index (χ3v) is 5.48. The third-order valence-electron chi connectivity index (χ3n) is 5.48. The van der Waals surface area contributed by atoms with E-state index in [9.17, 15) is 4.79 Å². The number of nitrogens with zero attached hydrogens (tertiary/aromatic N) is 4. The first-order valence-corrected chi connectivity index (χ1v) is 10.4. The second-order valence-corrected chi connectivity index (χ2v) is 7.77. The summed E-state index contributed by atoms with van der Waals surface area (Å²) in [5.74, 6) is 1.02. The van der Waals surface area contributed by atoms with Crippen LogP contribution < -0.4 is 4.74 Å². The van der Waals surface area contributed by atoms with Crippen LogP contribution in [0.25, 0.3) is 16.9 Å². The molecule has 1 aliphatic rings. The third kappa shape index (κ3) is 4.54. The molecule has 1 aromatic heterocycles. The van der Waals surface area contributed by atoms with Crippen molar-refractivity contribution in [3.8, 4) is 22.7 Å². The van der Waals surface area contributed by atoms with Gasteiger partial charge in [0.25, 0.3) is 0 Å². The molecule has 6 nitrogen and oxygen atoms in total. The first-order chi connectivity index (χ1) is 14.6. The zero-order valence-electron chi connectivity index (χ0n) is 17.6. The summed E-state index contributed by atoms with van der Waals surface area (Å²) in [6.07, 6.45) is 4.29. The van der Waals surface area contributed by atoms with E-state index >= 15 is 0 Å². The molecule has 0 saturated carbocycles. The van der Waals surface area contributed by atoms with E-state index in [2.05, 4.69) is 11.1 Å². The lowest BCUT2D eigenvalue weighted by Crippen LogP contribution is -2.37. The number of para-hydroxylation sites is 1. The van der Waals surface area contributed by atoms with Crippen LogP contribution in [0.4, 0.5) is 0 Å². The van der Waals surface area contributed by atoms with Crippen molar-refractivity contribution in [1.29, 1.82) is 0 Å². The highest BCUT2D eigenvalue weighted by Gasteiger charge is 2.20. The minimum atomic E-state index is 0.205. The number of aromatic nitrogens is 2. The van der Waals surface area contributed by atoms with Gasteiger partial charge < -0.3 is 9.64 Å². The van der Waals surface area contributed by atoms with Crippen LogP contribution >= 0.6 is 0 Å². The molecule has 30 heavy (non-hydrogen) atoms. The van der Waals surface area contributed by atoms with Gasteiger partial charge in [0.05, 0.1) is 25.0 Å². The molecule has 2 heterocycles. The zero-order chi connectivity index (χ0) is 20.9. The van der Waals surface area contributed by atoms with Gasteiger partial charge in [-0.1, -0.05) is 18.2 Å². The predicted molar refractivity (Wildman–Crippen MR) is 118 cm³/mol. The van der Waals surface area contributed by atoms with Crippen LogP contribution in [0.5, 0.6) is 5.75 Å². The molecule has 156 valence electrons. The summed E-state index contributed by atoms with van der Waals surface area (Å²) in [6.45, 7) is 2.83. The number of likely N-dealkylation sites (tertiary alicyclic amines) is 1. The number of hydrogen-bond donors (Lipinski definition) is 0. The second-order valence-electron chi connectivity index (χ2n) is 7.77. The summed E-state index contributed by atoms with van der Waals surface area (Å²) in [5, 5.41) is 4.87. The Balaban J connectivity index is 1.59. The number of carbonyl (C=O) groups is 1. The number of amides is 1. The minimum absolute atomic E-state index is 0.205. The van der Waals surface area contributed by atoms with Crippen molar-refractivity contribution in [2.24, 2.45) is 0 Å². The highest BCUT2D eigenvalue weighted by Crippen LogP contribution is 2.26. The maximum Gasteiger partial charge on any atom is 0.236 e. The Morgan fingerprint density at radius 2 is 1.77 bits per heavy atom. The number of benzene rings is 2. The average molecular weight is 405 g/mol. The average Bonchev–Trinajstić information content (AvgIpc) is 3.45. The molecule has 0 unspecified atom stereocenters. The summed E-state index contributed by atoms with van der Waals surface area (Å²) < 4.78 is 7.20. The number of hydrogen-bond acceptors (Lipinski definition) is 4. The van der Waals surface area contributed by atoms with Gasteiger partial charge >= 0.3 is 0 Å². The van der Waals surface area contributed by atoms with Crippen molar-refractivity contribution >= 4 is 5.91 Å². The van der Waals surface area contributed by atoms with Crippen molar-refractivity contribution in [1.82, 2.24) is 19.6 Å². The SMILES string of the molecule is COc1ccc(-c2nn(-c3ccccc3)cc2CN(C)CC(=O)N2CCCC2)cc1. The van der Waals surface area contributed by atoms with Gasteiger partial charge in [0, 0.05) is 37.0 Å². The number of likely N-dealkylation sites (N-methyl/N-ethyl adjacent to an activating group) is 1. The van der Waals surface area contributed by atoms with E-state index in [1.807, 2.05) is 71.2 Å². The van der Waals surface area contributed by atoms with E-state index in [0.29, 0.717) is 13.1 Å². The Kier molecular flexibility index (Phi) is 6.14. The Morgan fingerprint density at radius 3 is 2.43 bits per heavy atom. The Hall–Kier alpha value is -3.12. The molecule has 1 amide bonds. The van der Waals surface area contributed by atoms with E-state index in [0.717, 1.165) is 54.2 Å². The lowest BCUT2D eigenvalue weighted by atomic mass is 10.1. The summed E-state index contributed by atoms with van der Waals surface area (Å²) in [6, 6.07) is 18.0. The van der Waals surface area contributed by atoms with Crippen LogP contribution in [0.2, 0.25) is 0 Å². The number of ether oxygens (including phenoxy) is 1. The Morgan fingerprint density at radius 1 is 1.07 bits per heavy atom. The van der Waals surface area contributed by atoms with E-state index in [1.54, 1.807) is 7.11 Å². The van der Waals surface area contributed by atoms with Crippen molar-refractivity contribution in [3.05, 3.63) is 66.4 Å². The molecular weight excluding hydrogens is 376 g/mol. The van der Waals surface area contributed by atoms with Gasteiger partial charge in [-0.05, 0) is 56.3 Å². The molecule has 1 saturated heterocycles. The van der Waals surface area contributed by atoms with Gasteiger partial charge in [-0.2, -0.15) is 5.10 Å². The van der Waals surface area contributed by atoms with E-state index in [4.69, 9.17) is 9.84 Å². The second kappa shape index (κ2) is 9.13. The van der Waals surface area contributed by atoms with Gasteiger partial charge in [0.2, 0.25) is 5.91 Å². The Labute approximate surface area is 177 Å². The topological polar surface area (TPSA) is 50.6 Å². The van der Waals surface area contributed by atoms with Crippen molar-refractivity contribution in [2.45, 2.75) is 19.4 Å². The van der Waals surface area contributed by atoms with Crippen molar-refractivity contribution < 1.29 is 9.53 Å². The first-order valence-electron chi connectivity index (χ1n) is 10.4. The molecule has 1 aliphatic heterocycles. The van der Waals surface area contributed by atoms with Gasteiger partial charge in [-0.3, -0.25) is 9.69 Å². The number of methoxy groups -OCH3 is 1. The summed E-state index contributed by atoms with van der Waals surface area (Å²) in [5.41, 5.74) is 4.04. The van der Waals surface area contributed by atoms with Crippen LogP contribution in [0, 0.1) is 0 Å². The van der Waals surface area contributed by atoms with Crippen LogP contribution in [-0.2, 0) is 11.3 Å².